The molecule has 1 aliphatic heterocycles. The van der Waals surface area contributed by atoms with Gasteiger partial charge in [0.05, 0.1) is 32.3 Å². The van der Waals surface area contributed by atoms with E-state index in [4.69, 9.17) is 14.2 Å². The van der Waals surface area contributed by atoms with Gasteiger partial charge in [0.1, 0.15) is 5.75 Å². The lowest BCUT2D eigenvalue weighted by Crippen LogP contribution is -2.21. The fourth-order valence-electron chi connectivity index (χ4n) is 2.99. The lowest BCUT2D eigenvalue weighted by molar-refractivity contribution is -0.115. The average Bonchev–Trinajstić information content (AvgIpc) is 3.24. The first-order valence-electron chi connectivity index (χ1n) is 8.23. The van der Waals surface area contributed by atoms with Gasteiger partial charge in [-0.2, -0.15) is 0 Å². The van der Waals surface area contributed by atoms with Crippen LogP contribution in [0.3, 0.4) is 0 Å². The molecule has 0 spiro atoms. The fourth-order valence-corrected chi connectivity index (χ4v) is 3.88. The standard InChI is InChI=1S/C18H22N2O4S/c1-22-13-10-15(24-3)14(23-2)8-11(13)9-16-17(21)20-18(25-16)19-12-6-4-5-7-12/h8-10,12H,4-7H2,1-3H3,(H,19,20,21)/b16-9+. The Labute approximate surface area is 151 Å². The molecule has 1 heterocycles. The van der Waals surface area contributed by atoms with Gasteiger partial charge in [0.25, 0.3) is 5.91 Å². The highest BCUT2D eigenvalue weighted by atomic mass is 32.2. The molecule has 1 N–H and O–H groups in total. The van der Waals surface area contributed by atoms with Gasteiger partial charge in [0, 0.05) is 11.6 Å². The first kappa shape index (κ1) is 17.7. The average molecular weight is 362 g/mol. The zero-order valence-electron chi connectivity index (χ0n) is 14.6. The highest BCUT2D eigenvalue weighted by molar-refractivity contribution is 8.18. The lowest BCUT2D eigenvalue weighted by Gasteiger charge is -2.12. The molecule has 1 saturated carbocycles. The molecule has 2 aliphatic rings. The molecule has 2 fully saturated rings. The van der Waals surface area contributed by atoms with Crippen molar-refractivity contribution in [1.29, 1.82) is 0 Å². The Hall–Kier alpha value is -2.15. The van der Waals surface area contributed by atoms with Gasteiger partial charge >= 0.3 is 0 Å². The van der Waals surface area contributed by atoms with Crippen molar-refractivity contribution in [2.24, 2.45) is 4.99 Å². The third-order valence-corrected chi connectivity index (χ3v) is 5.22. The number of ether oxygens (including phenoxy) is 3. The van der Waals surface area contributed by atoms with Crippen molar-refractivity contribution < 1.29 is 19.0 Å². The molecule has 0 atom stereocenters. The molecule has 0 aromatic heterocycles. The first-order chi connectivity index (χ1) is 12.1. The smallest absolute Gasteiger partial charge is 0.264 e. The normalized spacial score (nSPS) is 21.0. The summed E-state index contributed by atoms with van der Waals surface area (Å²) in [7, 11) is 4.73. The van der Waals surface area contributed by atoms with Crippen molar-refractivity contribution in [3.8, 4) is 17.2 Å². The van der Waals surface area contributed by atoms with E-state index in [0.717, 1.165) is 18.4 Å². The Morgan fingerprint density at radius 1 is 1.08 bits per heavy atom. The molecule has 1 aromatic rings. The van der Waals surface area contributed by atoms with Crippen LogP contribution in [-0.2, 0) is 4.79 Å². The van der Waals surface area contributed by atoms with Crippen molar-refractivity contribution in [2.45, 2.75) is 31.7 Å². The molecule has 3 rings (SSSR count). The summed E-state index contributed by atoms with van der Waals surface area (Å²) in [6.45, 7) is 0. The van der Waals surface area contributed by atoms with Crippen molar-refractivity contribution in [3.63, 3.8) is 0 Å². The number of carbonyl (C=O) groups excluding carboxylic acids is 1. The number of thioether (sulfide) groups is 1. The Morgan fingerprint density at radius 2 is 1.72 bits per heavy atom. The zero-order chi connectivity index (χ0) is 17.8. The third kappa shape index (κ3) is 3.92. The van der Waals surface area contributed by atoms with E-state index in [9.17, 15) is 4.79 Å². The van der Waals surface area contributed by atoms with E-state index in [2.05, 4.69) is 10.3 Å². The lowest BCUT2D eigenvalue weighted by atomic mass is 10.1. The maximum atomic E-state index is 12.3. The fraction of sp³-hybridized carbons (Fsp3) is 0.444. The van der Waals surface area contributed by atoms with E-state index in [1.54, 1.807) is 39.5 Å². The van der Waals surface area contributed by atoms with Crippen LogP contribution in [0.1, 0.15) is 31.2 Å². The maximum absolute atomic E-state index is 12.3. The van der Waals surface area contributed by atoms with Gasteiger partial charge in [-0.15, -0.1) is 0 Å². The number of amidine groups is 1. The Bertz CT molecular complexity index is 724. The van der Waals surface area contributed by atoms with Gasteiger partial charge < -0.3 is 19.5 Å². The quantitative estimate of drug-likeness (QED) is 0.815. The highest BCUT2D eigenvalue weighted by Crippen LogP contribution is 2.37. The number of carbonyl (C=O) groups is 1. The SMILES string of the molecule is COc1cc(OC)c(OC)cc1/C=C1/SC(=NC2CCCC2)NC1=O. The second-order valence-corrected chi connectivity index (χ2v) is 6.92. The number of nitrogens with one attached hydrogen (secondary N) is 1. The molecule has 6 nitrogen and oxygen atoms in total. The Morgan fingerprint density at radius 3 is 2.36 bits per heavy atom. The van der Waals surface area contributed by atoms with E-state index >= 15 is 0 Å². The summed E-state index contributed by atoms with van der Waals surface area (Å²) in [4.78, 5) is 17.5. The molecular weight excluding hydrogens is 340 g/mol. The van der Waals surface area contributed by atoms with Gasteiger partial charge in [-0.1, -0.05) is 12.8 Å². The van der Waals surface area contributed by atoms with Crippen molar-refractivity contribution in [1.82, 2.24) is 5.32 Å². The molecule has 25 heavy (non-hydrogen) atoms. The van der Waals surface area contributed by atoms with Gasteiger partial charge in [-0.05, 0) is 36.7 Å². The predicted octanol–water partition coefficient (Wildman–Crippen LogP) is 3.21. The molecule has 1 aliphatic carbocycles. The number of aliphatic imine (C=N–C) groups is 1. The minimum absolute atomic E-state index is 0.140. The number of hydrogen-bond donors (Lipinski definition) is 1. The Balaban J connectivity index is 1.88. The van der Waals surface area contributed by atoms with E-state index in [-0.39, 0.29) is 5.91 Å². The summed E-state index contributed by atoms with van der Waals surface area (Å²) in [6.07, 6.45) is 6.42. The summed E-state index contributed by atoms with van der Waals surface area (Å²) in [5.74, 6) is 1.63. The molecule has 0 radical (unpaired) electrons. The van der Waals surface area contributed by atoms with E-state index < -0.39 is 0 Å². The van der Waals surface area contributed by atoms with E-state index in [0.29, 0.717) is 33.4 Å². The van der Waals surface area contributed by atoms with Crippen LogP contribution in [0.5, 0.6) is 17.2 Å². The van der Waals surface area contributed by atoms with Crippen molar-refractivity contribution >= 4 is 28.9 Å². The molecule has 1 amide bonds. The second-order valence-electron chi connectivity index (χ2n) is 5.89. The highest BCUT2D eigenvalue weighted by Gasteiger charge is 2.26. The monoisotopic (exact) mass is 362 g/mol. The number of amides is 1. The number of rotatable bonds is 5. The van der Waals surface area contributed by atoms with Crippen molar-refractivity contribution in [3.05, 3.63) is 22.6 Å². The maximum Gasteiger partial charge on any atom is 0.264 e. The van der Waals surface area contributed by atoms with Crippen LogP contribution >= 0.6 is 11.8 Å². The topological polar surface area (TPSA) is 69.2 Å². The van der Waals surface area contributed by atoms with E-state index in [1.807, 2.05) is 0 Å². The summed E-state index contributed by atoms with van der Waals surface area (Å²) >= 11 is 1.37. The summed E-state index contributed by atoms with van der Waals surface area (Å²) < 4.78 is 16.0. The molecule has 134 valence electrons. The molecule has 1 aromatic carbocycles. The largest absolute Gasteiger partial charge is 0.496 e. The van der Waals surface area contributed by atoms with Gasteiger partial charge in [-0.25, -0.2) is 0 Å². The molecule has 0 bridgehead atoms. The second kappa shape index (κ2) is 7.82. The predicted molar refractivity (Wildman–Crippen MR) is 99.5 cm³/mol. The van der Waals surface area contributed by atoms with Crippen LogP contribution in [0.15, 0.2) is 22.0 Å². The summed E-state index contributed by atoms with van der Waals surface area (Å²) in [5, 5.41) is 3.53. The van der Waals surface area contributed by atoms with Crippen LogP contribution in [0.2, 0.25) is 0 Å². The van der Waals surface area contributed by atoms with Gasteiger partial charge in [-0.3, -0.25) is 9.79 Å². The zero-order valence-corrected chi connectivity index (χ0v) is 15.4. The van der Waals surface area contributed by atoms with Crippen LogP contribution in [-0.4, -0.2) is 38.4 Å². The van der Waals surface area contributed by atoms with Crippen LogP contribution in [0, 0.1) is 0 Å². The first-order valence-corrected chi connectivity index (χ1v) is 9.05. The minimum Gasteiger partial charge on any atom is -0.496 e. The minimum atomic E-state index is -0.140. The van der Waals surface area contributed by atoms with Crippen molar-refractivity contribution in [2.75, 3.05) is 21.3 Å². The van der Waals surface area contributed by atoms with Crippen LogP contribution in [0.25, 0.3) is 6.08 Å². The number of methoxy groups -OCH3 is 3. The van der Waals surface area contributed by atoms with E-state index in [1.165, 1.54) is 24.6 Å². The number of benzene rings is 1. The molecule has 1 saturated heterocycles. The number of nitrogens with zero attached hydrogens (tertiary/aromatic N) is 1. The summed E-state index contributed by atoms with van der Waals surface area (Å²) in [6, 6.07) is 3.87. The number of hydrogen-bond acceptors (Lipinski definition) is 6. The molecule has 0 unspecified atom stereocenters. The third-order valence-electron chi connectivity index (χ3n) is 4.30. The molecule has 7 heteroatoms. The Kier molecular flexibility index (Phi) is 5.53. The van der Waals surface area contributed by atoms with Crippen LogP contribution < -0.4 is 19.5 Å². The summed E-state index contributed by atoms with van der Waals surface area (Å²) in [5.41, 5.74) is 0.750. The van der Waals surface area contributed by atoms with Gasteiger partial charge in [0.15, 0.2) is 16.7 Å². The van der Waals surface area contributed by atoms with Crippen LogP contribution in [0.4, 0.5) is 0 Å². The van der Waals surface area contributed by atoms with Gasteiger partial charge in [0.2, 0.25) is 0 Å². The molecular formula is C18H22N2O4S.